The first-order valence-corrected chi connectivity index (χ1v) is 13.3. The molecule has 1 atom stereocenters. The molecule has 0 saturated carbocycles. The van der Waals surface area contributed by atoms with Gasteiger partial charge in [0.15, 0.2) is 5.82 Å². The van der Waals surface area contributed by atoms with Gasteiger partial charge in [0.25, 0.3) is 5.91 Å². The van der Waals surface area contributed by atoms with Crippen LogP contribution in [0.2, 0.25) is 0 Å². The van der Waals surface area contributed by atoms with Gasteiger partial charge in [0.1, 0.15) is 30.2 Å². The van der Waals surface area contributed by atoms with Crippen molar-refractivity contribution in [3.05, 3.63) is 53.3 Å². The highest BCUT2D eigenvalue weighted by molar-refractivity contribution is 7.99. The van der Waals surface area contributed by atoms with Crippen molar-refractivity contribution in [2.75, 3.05) is 16.6 Å². The van der Waals surface area contributed by atoms with Crippen molar-refractivity contribution in [1.82, 2.24) is 10.0 Å². The summed E-state index contributed by atoms with van der Waals surface area (Å²) < 4.78 is 54.8. The highest BCUT2D eigenvalue weighted by Gasteiger charge is 2.40. The van der Waals surface area contributed by atoms with Crippen LogP contribution in [0.5, 0.6) is 5.75 Å². The van der Waals surface area contributed by atoms with Crippen molar-refractivity contribution in [3.8, 4) is 5.75 Å². The average molecular weight is 524 g/mol. The predicted molar refractivity (Wildman–Crippen MR) is 129 cm³/mol. The number of hydrogen-bond acceptors (Lipinski definition) is 7. The molecule has 2 aromatic carbocycles. The fraction of sp³-hybridized carbons (Fsp3) is 0.391. The summed E-state index contributed by atoms with van der Waals surface area (Å²) in [5.74, 6) is -1.11. The topological polar surface area (TPSA) is 114 Å². The number of benzene rings is 2. The second-order valence-corrected chi connectivity index (χ2v) is 11.8. The first-order chi connectivity index (χ1) is 16.4. The van der Waals surface area contributed by atoms with E-state index in [4.69, 9.17) is 9.47 Å². The van der Waals surface area contributed by atoms with Crippen LogP contribution in [0.3, 0.4) is 0 Å². The second kappa shape index (κ2) is 9.57. The lowest BCUT2D eigenvalue weighted by molar-refractivity contribution is -0.117. The van der Waals surface area contributed by atoms with Crippen LogP contribution in [0.4, 0.5) is 14.9 Å². The minimum absolute atomic E-state index is 0.0104. The number of alkyl carbamates (subject to hydrolysis) is 1. The highest BCUT2D eigenvalue weighted by Crippen LogP contribution is 2.43. The summed E-state index contributed by atoms with van der Waals surface area (Å²) in [5.41, 5.74) is 0.0245. The lowest BCUT2D eigenvalue weighted by atomic mass is 10.0. The van der Waals surface area contributed by atoms with Crippen LogP contribution >= 0.6 is 11.8 Å². The number of anilines is 1. The molecule has 0 unspecified atom stereocenters. The van der Waals surface area contributed by atoms with E-state index in [1.807, 2.05) is 35.1 Å². The van der Waals surface area contributed by atoms with Gasteiger partial charge in [-0.3, -0.25) is 4.79 Å². The Morgan fingerprint density at radius 3 is 2.63 bits per heavy atom. The molecule has 2 amide bonds. The normalized spacial score (nSPS) is 19.0. The second-order valence-electron chi connectivity index (χ2n) is 9.18. The molecule has 2 aliphatic heterocycles. The summed E-state index contributed by atoms with van der Waals surface area (Å²) in [6, 6.07) is 10.3. The van der Waals surface area contributed by atoms with Crippen molar-refractivity contribution in [1.29, 1.82) is 0 Å². The number of amides is 2. The van der Waals surface area contributed by atoms with Crippen molar-refractivity contribution in [3.63, 3.8) is 0 Å². The van der Waals surface area contributed by atoms with Crippen LogP contribution in [-0.4, -0.2) is 44.4 Å². The van der Waals surface area contributed by atoms with Crippen molar-refractivity contribution in [2.45, 2.75) is 50.3 Å². The molecule has 0 radical (unpaired) electrons. The van der Waals surface area contributed by atoms with Crippen LogP contribution in [0.15, 0.2) is 41.3 Å². The summed E-state index contributed by atoms with van der Waals surface area (Å²) in [4.78, 5) is 24.6. The number of ether oxygens (including phenoxy) is 2. The molecular weight excluding hydrogens is 497 g/mol. The Kier molecular flexibility index (Phi) is 6.87. The monoisotopic (exact) mass is 523 g/mol. The Labute approximate surface area is 207 Å². The first-order valence-electron chi connectivity index (χ1n) is 10.9. The van der Waals surface area contributed by atoms with E-state index in [0.29, 0.717) is 15.0 Å². The molecule has 188 valence electrons. The summed E-state index contributed by atoms with van der Waals surface area (Å²) in [6.45, 7) is 4.74. The van der Waals surface area contributed by atoms with E-state index in [1.165, 1.54) is 11.8 Å². The summed E-state index contributed by atoms with van der Waals surface area (Å²) in [5, 5.41) is 2.74. The molecule has 2 aliphatic rings. The minimum atomic E-state index is -4.28. The Bertz CT molecular complexity index is 1250. The molecule has 2 N–H and O–H groups in total. The summed E-state index contributed by atoms with van der Waals surface area (Å²) in [7, 11) is -4.28. The third-order valence-electron chi connectivity index (χ3n) is 5.18. The van der Waals surface area contributed by atoms with E-state index >= 15 is 4.39 Å². The smallest absolute Gasteiger partial charge is 0.407 e. The van der Waals surface area contributed by atoms with Crippen molar-refractivity contribution in [2.24, 2.45) is 0 Å². The van der Waals surface area contributed by atoms with Crippen LogP contribution in [0, 0.1) is 5.82 Å². The number of hydrogen-bond donors (Lipinski definition) is 2. The fourth-order valence-corrected chi connectivity index (χ4v) is 6.02. The molecule has 9 nitrogen and oxygen atoms in total. The molecule has 0 aromatic heterocycles. The molecule has 2 aromatic rings. The zero-order valence-corrected chi connectivity index (χ0v) is 21.1. The molecule has 0 spiro atoms. The van der Waals surface area contributed by atoms with Crippen LogP contribution in [0.25, 0.3) is 0 Å². The Balaban J connectivity index is 1.67. The van der Waals surface area contributed by atoms with E-state index < -0.39 is 46.2 Å². The lowest BCUT2D eigenvalue weighted by Gasteiger charge is -2.29. The number of rotatable bonds is 5. The summed E-state index contributed by atoms with van der Waals surface area (Å²) >= 11 is 1.32. The largest absolute Gasteiger partial charge is 0.487 e. The average Bonchev–Trinajstić information content (AvgIpc) is 3.03. The van der Waals surface area contributed by atoms with E-state index in [0.717, 1.165) is 5.56 Å². The Hall–Kier alpha value is -2.99. The van der Waals surface area contributed by atoms with Crippen LogP contribution < -0.4 is 19.1 Å². The molecule has 1 fully saturated rings. The standard InChI is InChI=1S/C23H26FN3O6S2/c1-23(2,3)33-22(29)25-15-9-16-18(34-13-15)10-17(32-12-14-7-5-4-6-8-14)21(20(16)24)27-11-19(28)26-35(27,30)31/h4-8,10,15H,9,11-13H2,1-3H3,(H,25,29)(H,26,28)/t15-/m0/s1. The molecule has 4 rings (SSSR count). The van der Waals surface area contributed by atoms with Crippen LogP contribution in [0.1, 0.15) is 31.9 Å². The maximum Gasteiger partial charge on any atom is 0.407 e. The van der Waals surface area contributed by atoms with Gasteiger partial charge in [0.2, 0.25) is 0 Å². The van der Waals surface area contributed by atoms with Crippen molar-refractivity contribution >= 4 is 39.7 Å². The van der Waals surface area contributed by atoms with E-state index in [2.05, 4.69) is 5.32 Å². The number of nitrogens with zero attached hydrogens (tertiary/aromatic N) is 1. The van der Waals surface area contributed by atoms with Gasteiger partial charge in [-0.1, -0.05) is 30.3 Å². The number of thioether (sulfide) groups is 1. The molecule has 2 heterocycles. The van der Waals surface area contributed by atoms with Crippen LogP contribution in [-0.2, 0) is 32.8 Å². The number of halogens is 1. The molecule has 0 bridgehead atoms. The van der Waals surface area contributed by atoms with Gasteiger partial charge in [-0.05, 0) is 38.8 Å². The first kappa shape index (κ1) is 25.1. The number of carbonyl (C=O) groups is 2. The van der Waals surface area contributed by atoms with Gasteiger partial charge in [0.05, 0.1) is 0 Å². The lowest BCUT2D eigenvalue weighted by Crippen LogP contribution is -2.43. The Morgan fingerprint density at radius 1 is 1.29 bits per heavy atom. The fourth-order valence-electron chi connectivity index (χ4n) is 3.74. The SMILES string of the molecule is CC(C)(C)OC(=O)N[C@@H]1CSc2cc(OCc3ccccc3)c(N3CC(=O)NS3(=O)=O)c(F)c2C1. The molecule has 1 saturated heterocycles. The van der Waals surface area contributed by atoms with Crippen molar-refractivity contribution < 1.29 is 31.9 Å². The number of fused-ring (bicyclic) bond motifs is 1. The van der Waals surface area contributed by atoms with E-state index in [-0.39, 0.29) is 30.0 Å². The highest BCUT2D eigenvalue weighted by atomic mass is 32.2. The van der Waals surface area contributed by atoms with Gasteiger partial charge >= 0.3 is 16.3 Å². The molecule has 12 heteroatoms. The quantitative estimate of drug-likeness (QED) is 0.619. The van der Waals surface area contributed by atoms with Gasteiger partial charge in [0, 0.05) is 22.3 Å². The molecule has 0 aliphatic carbocycles. The Morgan fingerprint density at radius 2 is 2.00 bits per heavy atom. The third kappa shape index (κ3) is 5.81. The van der Waals surface area contributed by atoms with Gasteiger partial charge in [-0.25, -0.2) is 18.2 Å². The molecular formula is C23H26FN3O6S2. The maximum atomic E-state index is 16.0. The van der Waals surface area contributed by atoms with E-state index in [9.17, 15) is 18.0 Å². The van der Waals surface area contributed by atoms with Gasteiger partial charge in [-0.2, -0.15) is 8.42 Å². The number of carbonyl (C=O) groups excluding carboxylic acids is 2. The number of nitrogens with one attached hydrogen (secondary N) is 2. The summed E-state index contributed by atoms with van der Waals surface area (Å²) in [6.07, 6.45) is -0.499. The van der Waals surface area contributed by atoms with E-state index in [1.54, 1.807) is 26.8 Å². The van der Waals surface area contributed by atoms with Gasteiger partial charge in [-0.15, -0.1) is 11.8 Å². The zero-order valence-electron chi connectivity index (χ0n) is 19.5. The third-order valence-corrected chi connectivity index (χ3v) is 7.81. The maximum absolute atomic E-state index is 16.0. The predicted octanol–water partition coefficient (Wildman–Crippen LogP) is 3.13. The van der Waals surface area contributed by atoms with Gasteiger partial charge < -0.3 is 14.8 Å². The molecule has 35 heavy (non-hydrogen) atoms. The minimum Gasteiger partial charge on any atom is -0.487 e. The zero-order chi connectivity index (χ0) is 25.4.